The van der Waals surface area contributed by atoms with Crippen molar-refractivity contribution in [3.8, 4) is 11.5 Å². The first-order valence-electron chi connectivity index (χ1n) is 8.69. The third-order valence-electron chi connectivity index (χ3n) is 4.11. The average molecular weight is 354 g/mol. The number of nitrogens with one attached hydrogen (secondary N) is 1. The van der Waals surface area contributed by atoms with Gasteiger partial charge in [-0.25, -0.2) is 5.43 Å². The highest BCUT2D eigenvalue weighted by Gasteiger charge is 2.14. The number of methoxy groups -OCH3 is 1. The van der Waals surface area contributed by atoms with Gasteiger partial charge >= 0.3 is 0 Å². The smallest absolute Gasteiger partial charge is 0.247 e. The SMILES string of the molecule is COc1cc(/C=N\NC(=O)[C@@H](C)c2ccc(CC(C)C)cc2)ccc1O. The molecule has 2 rings (SSSR count). The van der Waals surface area contributed by atoms with Crippen LogP contribution in [0.2, 0.25) is 0 Å². The number of carbonyl (C=O) groups is 1. The number of phenols is 1. The normalized spacial score (nSPS) is 12.3. The van der Waals surface area contributed by atoms with Crippen molar-refractivity contribution >= 4 is 12.1 Å². The van der Waals surface area contributed by atoms with Gasteiger partial charge in [-0.1, -0.05) is 38.1 Å². The number of nitrogens with zero attached hydrogens (tertiary/aromatic N) is 1. The van der Waals surface area contributed by atoms with Crippen molar-refractivity contribution in [3.63, 3.8) is 0 Å². The van der Waals surface area contributed by atoms with Gasteiger partial charge in [0.05, 0.1) is 19.2 Å². The summed E-state index contributed by atoms with van der Waals surface area (Å²) in [5, 5.41) is 13.6. The first-order chi connectivity index (χ1) is 12.4. The van der Waals surface area contributed by atoms with Crippen LogP contribution in [0.25, 0.3) is 0 Å². The molecule has 0 aromatic heterocycles. The van der Waals surface area contributed by atoms with Gasteiger partial charge in [-0.2, -0.15) is 5.10 Å². The van der Waals surface area contributed by atoms with E-state index in [-0.39, 0.29) is 17.6 Å². The highest BCUT2D eigenvalue weighted by molar-refractivity contribution is 5.86. The Morgan fingerprint density at radius 3 is 2.50 bits per heavy atom. The summed E-state index contributed by atoms with van der Waals surface area (Å²) in [6, 6.07) is 13.0. The second-order valence-electron chi connectivity index (χ2n) is 6.73. The van der Waals surface area contributed by atoms with Crippen molar-refractivity contribution in [2.75, 3.05) is 7.11 Å². The van der Waals surface area contributed by atoms with E-state index in [1.807, 2.05) is 19.1 Å². The van der Waals surface area contributed by atoms with Crippen molar-refractivity contribution in [1.82, 2.24) is 5.43 Å². The number of carbonyl (C=O) groups excluding carboxylic acids is 1. The number of amides is 1. The van der Waals surface area contributed by atoms with Crippen molar-refractivity contribution in [2.45, 2.75) is 33.1 Å². The van der Waals surface area contributed by atoms with Crippen LogP contribution in [0.1, 0.15) is 43.4 Å². The molecule has 0 saturated carbocycles. The Labute approximate surface area is 154 Å². The maximum absolute atomic E-state index is 12.3. The quantitative estimate of drug-likeness (QED) is 0.586. The fraction of sp³-hybridized carbons (Fsp3) is 0.333. The van der Waals surface area contributed by atoms with E-state index in [2.05, 4.69) is 36.5 Å². The Balaban J connectivity index is 1.96. The molecular formula is C21H26N2O3. The Hall–Kier alpha value is -2.82. The number of hydrogen-bond donors (Lipinski definition) is 2. The molecule has 0 heterocycles. The number of rotatable bonds is 7. The van der Waals surface area contributed by atoms with Crippen LogP contribution in [0.5, 0.6) is 11.5 Å². The van der Waals surface area contributed by atoms with Gasteiger partial charge in [0, 0.05) is 0 Å². The summed E-state index contributed by atoms with van der Waals surface area (Å²) in [5.74, 6) is 0.547. The Bertz CT molecular complexity index is 767. The second kappa shape index (κ2) is 9.04. The van der Waals surface area contributed by atoms with Gasteiger partial charge in [0.2, 0.25) is 5.91 Å². The largest absolute Gasteiger partial charge is 0.504 e. The molecule has 5 nitrogen and oxygen atoms in total. The molecule has 0 fully saturated rings. The van der Waals surface area contributed by atoms with Gasteiger partial charge in [-0.05, 0) is 54.2 Å². The van der Waals surface area contributed by atoms with E-state index in [9.17, 15) is 9.90 Å². The molecule has 0 radical (unpaired) electrons. The summed E-state index contributed by atoms with van der Waals surface area (Å²) in [7, 11) is 1.48. The van der Waals surface area contributed by atoms with Crippen molar-refractivity contribution < 1.29 is 14.6 Å². The minimum atomic E-state index is -0.297. The van der Waals surface area contributed by atoms with Crippen LogP contribution in [0.15, 0.2) is 47.6 Å². The van der Waals surface area contributed by atoms with Crippen LogP contribution in [-0.4, -0.2) is 24.3 Å². The van der Waals surface area contributed by atoms with E-state index in [4.69, 9.17) is 4.74 Å². The van der Waals surface area contributed by atoms with Crippen LogP contribution in [0.3, 0.4) is 0 Å². The van der Waals surface area contributed by atoms with Crippen molar-refractivity contribution in [2.24, 2.45) is 11.0 Å². The topological polar surface area (TPSA) is 70.9 Å². The van der Waals surface area contributed by atoms with E-state index in [1.165, 1.54) is 25.0 Å². The van der Waals surface area contributed by atoms with E-state index in [0.29, 0.717) is 17.2 Å². The van der Waals surface area contributed by atoms with E-state index in [0.717, 1.165) is 12.0 Å². The molecule has 2 N–H and O–H groups in total. The standard InChI is InChI=1S/C21H26N2O3/c1-14(2)11-16-5-8-18(9-6-16)15(3)21(25)23-22-13-17-7-10-19(24)20(12-17)26-4/h5-10,12-15,24H,11H2,1-4H3,(H,23,25)/b22-13-/t15-/m0/s1. The molecule has 0 saturated heterocycles. The fourth-order valence-electron chi connectivity index (χ4n) is 2.61. The highest BCUT2D eigenvalue weighted by atomic mass is 16.5. The van der Waals surface area contributed by atoms with Gasteiger partial charge in [0.15, 0.2) is 11.5 Å². The molecular weight excluding hydrogens is 328 g/mol. The molecule has 0 aliphatic rings. The summed E-state index contributed by atoms with van der Waals surface area (Å²) in [6.07, 6.45) is 2.54. The summed E-state index contributed by atoms with van der Waals surface area (Å²) >= 11 is 0. The number of ether oxygens (including phenoxy) is 1. The number of benzene rings is 2. The molecule has 138 valence electrons. The monoisotopic (exact) mass is 354 g/mol. The van der Waals surface area contributed by atoms with Crippen LogP contribution < -0.4 is 10.2 Å². The van der Waals surface area contributed by atoms with Crippen LogP contribution in [-0.2, 0) is 11.2 Å². The molecule has 0 spiro atoms. The summed E-state index contributed by atoms with van der Waals surface area (Å²) in [4.78, 5) is 12.3. The lowest BCUT2D eigenvalue weighted by atomic mass is 9.96. The second-order valence-corrected chi connectivity index (χ2v) is 6.73. The number of aromatic hydroxyl groups is 1. The predicted octanol–water partition coefficient (Wildman–Crippen LogP) is 3.85. The molecule has 5 heteroatoms. The van der Waals surface area contributed by atoms with Gasteiger partial charge in [-0.3, -0.25) is 4.79 Å². The molecule has 1 amide bonds. The van der Waals surface area contributed by atoms with Crippen molar-refractivity contribution in [3.05, 3.63) is 59.2 Å². The third kappa shape index (κ3) is 5.34. The lowest BCUT2D eigenvalue weighted by Crippen LogP contribution is -2.23. The third-order valence-corrected chi connectivity index (χ3v) is 4.11. The number of hydrazone groups is 1. The lowest BCUT2D eigenvalue weighted by molar-refractivity contribution is -0.122. The highest BCUT2D eigenvalue weighted by Crippen LogP contribution is 2.25. The molecule has 2 aromatic rings. The lowest BCUT2D eigenvalue weighted by Gasteiger charge is -2.11. The Kier molecular flexibility index (Phi) is 6.78. The zero-order valence-corrected chi connectivity index (χ0v) is 15.7. The molecule has 1 atom stereocenters. The first-order valence-corrected chi connectivity index (χ1v) is 8.69. The first kappa shape index (κ1) is 19.5. The molecule has 0 bridgehead atoms. The molecule has 0 aliphatic heterocycles. The summed E-state index contributed by atoms with van der Waals surface area (Å²) in [6.45, 7) is 6.23. The van der Waals surface area contributed by atoms with Crippen LogP contribution in [0, 0.1) is 5.92 Å². The maximum Gasteiger partial charge on any atom is 0.247 e. The van der Waals surface area contributed by atoms with E-state index < -0.39 is 0 Å². The molecule has 26 heavy (non-hydrogen) atoms. The summed E-state index contributed by atoms with van der Waals surface area (Å²) < 4.78 is 5.04. The fourth-order valence-corrected chi connectivity index (χ4v) is 2.61. The predicted molar refractivity (Wildman–Crippen MR) is 104 cm³/mol. The van der Waals surface area contributed by atoms with Gasteiger partial charge in [0.25, 0.3) is 0 Å². The van der Waals surface area contributed by atoms with Crippen LogP contribution >= 0.6 is 0 Å². The van der Waals surface area contributed by atoms with Gasteiger partial charge < -0.3 is 9.84 Å². The molecule has 2 aromatic carbocycles. The van der Waals surface area contributed by atoms with E-state index in [1.54, 1.807) is 12.1 Å². The average Bonchev–Trinajstić information content (AvgIpc) is 2.62. The minimum Gasteiger partial charge on any atom is -0.504 e. The maximum atomic E-state index is 12.3. The summed E-state index contributed by atoms with van der Waals surface area (Å²) in [5.41, 5.74) is 5.50. The van der Waals surface area contributed by atoms with Gasteiger partial charge in [0.1, 0.15) is 0 Å². The molecule has 0 aliphatic carbocycles. The number of phenolic OH excluding ortho intramolecular Hbond substituents is 1. The zero-order chi connectivity index (χ0) is 19.1. The van der Waals surface area contributed by atoms with Crippen LogP contribution in [0.4, 0.5) is 0 Å². The van der Waals surface area contributed by atoms with Gasteiger partial charge in [-0.15, -0.1) is 0 Å². The Morgan fingerprint density at radius 2 is 1.88 bits per heavy atom. The zero-order valence-electron chi connectivity index (χ0n) is 15.7. The number of hydrogen-bond acceptors (Lipinski definition) is 4. The Morgan fingerprint density at radius 1 is 1.19 bits per heavy atom. The minimum absolute atomic E-state index is 0.0585. The van der Waals surface area contributed by atoms with Crippen molar-refractivity contribution in [1.29, 1.82) is 0 Å². The molecule has 0 unspecified atom stereocenters. The van der Waals surface area contributed by atoms with E-state index >= 15 is 0 Å².